The lowest BCUT2D eigenvalue weighted by Crippen LogP contribution is -2.24. The molecule has 0 saturated carbocycles. The van der Waals surface area contributed by atoms with Crippen molar-refractivity contribution in [2.75, 3.05) is 13.4 Å². The lowest BCUT2D eigenvalue weighted by atomic mass is 10.1. The van der Waals surface area contributed by atoms with Crippen molar-refractivity contribution in [2.24, 2.45) is 0 Å². The minimum absolute atomic E-state index is 0.242. The third kappa shape index (κ3) is 5.20. The van der Waals surface area contributed by atoms with E-state index in [1.165, 1.54) is 6.08 Å². The van der Waals surface area contributed by atoms with E-state index in [-0.39, 0.29) is 16.8 Å². The first-order valence-electron chi connectivity index (χ1n) is 8.14. The number of aryl methyl sites for hydroxylation is 1. The van der Waals surface area contributed by atoms with Crippen LogP contribution in [-0.4, -0.2) is 27.7 Å². The number of amides is 1. The lowest BCUT2D eigenvalue weighted by Gasteiger charge is -2.13. The van der Waals surface area contributed by atoms with E-state index in [0.717, 1.165) is 22.9 Å². The van der Waals surface area contributed by atoms with Gasteiger partial charge in [-0.05, 0) is 49.8 Å². The van der Waals surface area contributed by atoms with E-state index in [2.05, 4.69) is 5.32 Å². The molecule has 0 saturated heterocycles. The molecule has 0 aromatic heterocycles. The predicted octanol–water partition coefficient (Wildman–Crippen LogP) is 3.30. The van der Waals surface area contributed by atoms with Gasteiger partial charge in [-0.1, -0.05) is 23.8 Å². The quantitative estimate of drug-likeness (QED) is 0.789. The molecule has 2 aromatic carbocycles. The Morgan fingerprint density at radius 3 is 2.38 bits per heavy atom. The Kier molecular flexibility index (Phi) is 6.21. The first-order chi connectivity index (χ1) is 12.2. The standard InChI is InChI=1S/C20H23NO4S/c1-14-5-11-19(25-3)17(13-14)8-12-20(22)21-15(2)16-6-9-18(10-7-16)26(4,23)24/h5-13,15H,1-4H3,(H,21,22)/b12-8+. The van der Waals surface area contributed by atoms with E-state index in [1.807, 2.05) is 32.0 Å². The van der Waals surface area contributed by atoms with Crippen molar-refractivity contribution >= 4 is 21.8 Å². The Morgan fingerprint density at radius 1 is 1.15 bits per heavy atom. The third-order valence-electron chi connectivity index (χ3n) is 3.97. The van der Waals surface area contributed by atoms with E-state index < -0.39 is 9.84 Å². The molecule has 6 heteroatoms. The average Bonchev–Trinajstić information content (AvgIpc) is 2.59. The van der Waals surface area contributed by atoms with Gasteiger partial charge in [0, 0.05) is 17.9 Å². The molecule has 0 aliphatic heterocycles. The molecular weight excluding hydrogens is 350 g/mol. The molecule has 2 aromatic rings. The van der Waals surface area contributed by atoms with Crippen molar-refractivity contribution in [1.29, 1.82) is 0 Å². The molecule has 0 radical (unpaired) electrons. The predicted molar refractivity (Wildman–Crippen MR) is 103 cm³/mol. The van der Waals surface area contributed by atoms with Gasteiger partial charge in [0.15, 0.2) is 9.84 Å². The second-order valence-electron chi connectivity index (χ2n) is 6.15. The molecule has 0 aliphatic rings. The van der Waals surface area contributed by atoms with Crippen LogP contribution in [0.1, 0.15) is 29.7 Å². The van der Waals surface area contributed by atoms with Crippen LogP contribution in [0.5, 0.6) is 5.75 Å². The summed E-state index contributed by atoms with van der Waals surface area (Å²) < 4.78 is 28.3. The molecule has 0 heterocycles. The summed E-state index contributed by atoms with van der Waals surface area (Å²) in [7, 11) is -1.64. The smallest absolute Gasteiger partial charge is 0.244 e. The van der Waals surface area contributed by atoms with Crippen molar-refractivity contribution in [3.8, 4) is 5.75 Å². The zero-order valence-corrected chi connectivity index (χ0v) is 16.1. The summed E-state index contributed by atoms with van der Waals surface area (Å²) in [4.78, 5) is 12.4. The van der Waals surface area contributed by atoms with Gasteiger partial charge in [-0.3, -0.25) is 4.79 Å². The molecule has 0 spiro atoms. The summed E-state index contributed by atoms with van der Waals surface area (Å²) >= 11 is 0. The SMILES string of the molecule is COc1ccc(C)cc1/C=C/C(=O)NC(C)c1ccc(S(C)(=O)=O)cc1. The number of methoxy groups -OCH3 is 1. The highest BCUT2D eigenvalue weighted by Gasteiger charge is 2.11. The molecule has 0 fully saturated rings. The van der Waals surface area contributed by atoms with E-state index in [4.69, 9.17) is 4.74 Å². The molecule has 26 heavy (non-hydrogen) atoms. The molecule has 2 rings (SSSR count). The third-order valence-corrected chi connectivity index (χ3v) is 5.09. The number of benzene rings is 2. The summed E-state index contributed by atoms with van der Waals surface area (Å²) in [5.41, 5.74) is 2.73. The highest BCUT2D eigenvalue weighted by atomic mass is 32.2. The van der Waals surface area contributed by atoms with Crippen molar-refractivity contribution in [1.82, 2.24) is 5.32 Å². The van der Waals surface area contributed by atoms with Gasteiger partial charge in [0.1, 0.15) is 5.75 Å². The van der Waals surface area contributed by atoms with E-state index in [0.29, 0.717) is 5.75 Å². The molecular formula is C20H23NO4S. The Bertz CT molecular complexity index is 915. The summed E-state index contributed by atoms with van der Waals surface area (Å²) in [6, 6.07) is 12.0. The van der Waals surface area contributed by atoms with Crippen LogP contribution in [0.3, 0.4) is 0 Å². The maximum absolute atomic E-state index is 12.2. The van der Waals surface area contributed by atoms with Gasteiger partial charge < -0.3 is 10.1 Å². The maximum Gasteiger partial charge on any atom is 0.244 e. The van der Waals surface area contributed by atoms with Gasteiger partial charge in [-0.2, -0.15) is 0 Å². The zero-order chi connectivity index (χ0) is 19.3. The molecule has 138 valence electrons. The number of hydrogen-bond acceptors (Lipinski definition) is 4. The van der Waals surface area contributed by atoms with Gasteiger partial charge in [0.05, 0.1) is 18.0 Å². The van der Waals surface area contributed by atoms with Crippen LogP contribution >= 0.6 is 0 Å². The molecule has 1 amide bonds. The number of ether oxygens (including phenoxy) is 1. The van der Waals surface area contributed by atoms with Gasteiger partial charge in [-0.15, -0.1) is 0 Å². The number of sulfone groups is 1. The number of hydrogen-bond donors (Lipinski definition) is 1. The molecule has 1 unspecified atom stereocenters. The molecule has 5 nitrogen and oxygen atoms in total. The first kappa shape index (κ1) is 19.7. The molecule has 1 atom stereocenters. The largest absolute Gasteiger partial charge is 0.496 e. The van der Waals surface area contributed by atoms with Crippen molar-refractivity contribution in [2.45, 2.75) is 24.8 Å². The average molecular weight is 373 g/mol. The Balaban J connectivity index is 2.06. The number of rotatable bonds is 6. The molecule has 0 bridgehead atoms. The number of nitrogens with one attached hydrogen (secondary N) is 1. The fraction of sp³-hybridized carbons (Fsp3) is 0.250. The van der Waals surface area contributed by atoms with Crippen LogP contribution in [0, 0.1) is 6.92 Å². The van der Waals surface area contributed by atoms with Gasteiger partial charge in [-0.25, -0.2) is 8.42 Å². The highest BCUT2D eigenvalue weighted by Crippen LogP contribution is 2.21. The van der Waals surface area contributed by atoms with Crippen molar-refractivity contribution in [3.05, 3.63) is 65.2 Å². The van der Waals surface area contributed by atoms with Crippen molar-refractivity contribution in [3.63, 3.8) is 0 Å². The minimum Gasteiger partial charge on any atom is -0.496 e. The van der Waals surface area contributed by atoms with Crippen molar-refractivity contribution < 1.29 is 17.9 Å². The van der Waals surface area contributed by atoms with E-state index >= 15 is 0 Å². The number of carbonyl (C=O) groups is 1. The highest BCUT2D eigenvalue weighted by molar-refractivity contribution is 7.90. The van der Waals surface area contributed by atoms with Crippen LogP contribution in [0.25, 0.3) is 6.08 Å². The van der Waals surface area contributed by atoms with Gasteiger partial charge in [0.25, 0.3) is 0 Å². The maximum atomic E-state index is 12.2. The zero-order valence-electron chi connectivity index (χ0n) is 15.3. The fourth-order valence-electron chi connectivity index (χ4n) is 2.50. The first-order valence-corrected chi connectivity index (χ1v) is 10.0. The normalized spacial score (nSPS) is 12.8. The lowest BCUT2D eigenvalue weighted by molar-refractivity contribution is -0.117. The van der Waals surface area contributed by atoms with E-state index in [1.54, 1.807) is 37.5 Å². The Labute approximate surface area is 154 Å². The Morgan fingerprint density at radius 2 is 1.81 bits per heavy atom. The number of carbonyl (C=O) groups excluding carboxylic acids is 1. The summed E-state index contributed by atoms with van der Waals surface area (Å²) in [5.74, 6) is 0.456. The topological polar surface area (TPSA) is 72.5 Å². The van der Waals surface area contributed by atoms with E-state index in [9.17, 15) is 13.2 Å². The molecule has 1 N–H and O–H groups in total. The minimum atomic E-state index is -3.23. The van der Waals surface area contributed by atoms with Gasteiger partial charge >= 0.3 is 0 Å². The Hall–Kier alpha value is -2.60. The second-order valence-corrected chi connectivity index (χ2v) is 8.17. The second kappa shape index (κ2) is 8.19. The monoisotopic (exact) mass is 373 g/mol. The van der Waals surface area contributed by atoms with Crippen LogP contribution in [0.15, 0.2) is 53.4 Å². The summed E-state index contributed by atoms with van der Waals surface area (Å²) in [6.07, 6.45) is 4.33. The van der Waals surface area contributed by atoms with Gasteiger partial charge in [0.2, 0.25) is 5.91 Å². The summed E-state index contributed by atoms with van der Waals surface area (Å²) in [6.45, 7) is 3.81. The van der Waals surface area contributed by atoms with Crippen LogP contribution in [0.2, 0.25) is 0 Å². The van der Waals surface area contributed by atoms with Crippen LogP contribution < -0.4 is 10.1 Å². The molecule has 0 aliphatic carbocycles. The van der Waals surface area contributed by atoms with Crippen LogP contribution in [-0.2, 0) is 14.6 Å². The summed E-state index contributed by atoms with van der Waals surface area (Å²) in [5, 5.41) is 2.86. The fourth-order valence-corrected chi connectivity index (χ4v) is 3.13. The van der Waals surface area contributed by atoms with Crippen LogP contribution in [0.4, 0.5) is 0 Å².